The highest BCUT2D eigenvalue weighted by molar-refractivity contribution is 5.93. The van der Waals surface area contributed by atoms with Crippen molar-refractivity contribution in [2.24, 2.45) is 0 Å². The number of hydrogen-bond donors (Lipinski definition) is 0. The smallest absolute Gasteiger partial charge is 0.127 e. The summed E-state index contributed by atoms with van der Waals surface area (Å²) in [5.41, 5.74) is 2.52. The van der Waals surface area contributed by atoms with E-state index in [1.807, 2.05) is 24.3 Å². The van der Waals surface area contributed by atoms with Crippen LogP contribution in [0.4, 0.5) is 0 Å². The molecule has 0 spiro atoms. The Balaban J connectivity index is 0.000000160. The van der Waals surface area contributed by atoms with Crippen molar-refractivity contribution < 1.29 is 4.74 Å². The molecule has 0 atom stereocenters. The zero-order valence-corrected chi connectivity index (χ0v) is 12.1. The zero-order valence-electron chi connectivity index (χ0n) is 12.1. The molecule has 0 bridgehead atoms. The van der Waals surface area contributed by atoms with Crippen molar-refractivity contribution in [3.05, 3.63) is 83.9 Å². The SMILES string of the molecule is C1=Cc2c(ccc3ccccc23)OC1.Cc1ccccc1. The van der Waals surface area contributed by atoms with Gasteiger partial charge in [0.2, 0.25) is 0 Å². The quantitative estimate of drug-likeness (QED) is 0.544. The lowest BCUT2D eigenvalue weighted by Gasteiger charge is -2.14. The number of benzene rings is 3. The van der Waals surface area contributed by atoms with Gasteiger partial charge in [-0.15, -0.1) is 0 Å². The lowest BCUT2D eigenvalue weighted by atomic mass is 10.0. The Morgan fingerprint density at radius 3 is 2.33 bits per heavy atom. The van der Waals surface area contributed by atoms with E-state index in [1.165, 1.54) is 21.9 Å². The Kier molecular flexibility index (Phi) is 4.02. The van der Waals surface area contributed by atoms with Gasteiger partial charge in [0, 0.05) is 5.56 Å². The van der Waals surface area contributed by atoms with Crippen LogP contribution in [0.15, 0.2) is 72.8 Å². The van der Waals surface area contributed by atoms with Crippen LogP contribution in [-0.4, -0.2) is 6.61 Å². The Morgan fingerprint density at radius 1 is 0.810 bits per heavy atom. The average molecular weight is 274 g/mol. The molecular formula is C20H18O. The van der Waals surface area contributed by atoms with Gasteiger partial charge < -0.3 is 4.74 Å². The fourth-order valence-electron chi connectivity index (χ4n) is 2.41. The summed E-state index contributed by atoms with van der Waals surface area (Å²) in [6.45, 7) is 2.77. The molecule has 0 unspecified atom stereocenters. The molecule has 4 rings (SSSR count). The van der Waals surface area contributed by atoms with E-state index in [0.29, 0.717) is 6.61 Å². The second-order valence-corrected chi connectivity index (χ2v) is 5.07. The van der Waals surface area contributed by atoms with Gasteiger partial charge in [-0.25, -0.2) is 0 Å². The first-order valence-electron chi connectivity index (χ1n) is 7.17. The number of hydrogen-bond acceptors (Lipinski definition) is 1. The van der Waals surface area contributed by atoms with Crippen molar-refractivity contribution in [1.82, 2.24) is 0 Å². The highest BCUT2D eigenvalue weighted by Gasteiger charge is 2.08. The van der Waals surface area contributed by atoms with Crippen molar-refractivity contribution in [2.75, 3.05) is 6.61 Å². The molecule has 1 heteroatoms. The molecular weight excluding hydrogens is 256 g/mol. The second-order valence-electron chi connectivity index (χ2n) is 5.07. The molecule has 3 aromatic carbocycles. The predicted molar refractivity (Wildman–Crippen MR) is 89.7 cm³/mol. The normalized spacial score (nSPS) is 12.0. The first-order chi connectivity index (χ1) is 10.3. The Labute approximate surface area is 125 Å². The molecule has 0 saturated carbocycles. The van der Waals surface area contributed by atoms with Crippen molar-refractivity contribution in [3.8, 4) is 5.75 Å². The van der Waals surface area contributed by atoms with Crippen LogP contribution in [0.1, 0.15) is 11.1 Å². The van der Waals surface area contributed by atoms with Crippen LogP contribution in [0.5, 0.6) is 5.75 Å². The maximum Gasteiger partial charge on any atom is 0.127 e. The van der Waals surface area contributed by atoms with Gasteiger partial charge >= 0.3 is 0 Å². The Hall–Kier alpha value is -2.54. The van der Waals surface area contributed by atoms with Crippen LogP contribution in [0.3, 0.4) is 0 Å². The molecule has 1 aliphatic rings. The van der Waals surface area contributed by atoms with E-state index in [4.69, 9.17) is 4.74 Å². The summed E-state index contributed by atoms with van der Waals surface area (Å²) in [6.07, 6.45) is 4.19. The summed E-state index contributed by atoms with van der Waals surface area (Å²) < 4.78 is 5.54. The third-order valence-electron chi connectivity index (χ3n) is 3.49. The Morgan fingerprint density at radius 2 is 1.57 bits per heavy atom. The zero-order chi connectivity index (χ0) is 14.5. The predicted octanol–water partition coefficient (Wildman–Crippen LogP) is 5.24. The summed E-state index contributed by atoms with van der Waals surface area (Å²) in [5.74, 6) is 0.992. The van der Waals surface area contributed by atoms with E-state index in [2.05, 4.69) is 61.5 Å². The third-order valence-corrected chi connectivity index (χ3v) is 3.49. The maximum absolute atomic E-state index is 5.54. The minimum Gasteiger partial charge on any atom is -0.489 e. The van der Waals surface area contributed by atoms with Gasteiger partial charge in [-0.05, 0) is 29.8 Å². The highest BCUT2D eigenvalue weighted by atomic mass is 16.5. The van der Waals surface area contributed by atoms with E-state index in [9.17, 15) is 0 Å². The molecule has 21 heavy (non-hydrogen) atoms. The van der Waals surface area contributed by atoms with E-state index in [0.717, 1.165) is 5.75 Å². The van der Waals surface area contributed by atoms with Crippen LogP contribution in [0, 0.1) is 6.92 Å². The number of ether oxygens (including phenoxy) is 1. The van der Waals surface area contributed by atoms with E-state index < -0.39 is 0 Å². The molecule has 1 heterocycles. The van der Waals surface area contributed by atoms with Crippen LogP contribution in [0.2, 0.25) is 0 Å². The lowest BCUT2D eigenvalue weighted by Crippen LogP contribution is -2.00. The highest BCUT2D eigenvalue weighted by Crippen LogP contribution is 2.31. The fourth-order valence-corrected chi connectivity index (χ4v) is 2.41. The summed E-state index contributed by atoms with van der Waals surface area (Å²) in [6, 6.07) is 22.8. The molecule has 0 aromatic heterocycles. The summed E-state index contributed by atoms with van der Waals surface area (Å²) in [5, 5.41) is 2.53. The average Bonchev–Trinajstić information content (AvgIpc) is 2.56. The van der Waals surface area contributed by atoms with Crippen LogP contribution in [0.25, 0.3) is 16.8 Å². The van der Waals surface area contributed by atoms with Gasteiger partial charge in [0.25, 0.3) is 0 Å². The standard InChI is InChI=1S/C13H10O.C7H8/c1-2-5-11-10(4-1)7-8-13-12(11)6-3-9-14-13;1-7-5-3-2-4-6-7/h1-8H,9H2;2-6H,1H3. The summed E-state index contributed by atoms with van der Waals surface area (Å²) >= 11 is 0. The molecule has 0 radical (unpaired) electrons. The molecule has 0 fully saturated rings. The lowest BCUT2D eigenvalue weighted by molar-refractivity contribution is 0.359. The number of fused-ring (bicyclic) bond motifs is 3. The molecule has 0 amide bonds. The number of aryl methyl sites for hydroxylation is 1. The minimum atomic E-state index is 0.686. The molecule has 1 aliphatic heterocycles. The largest absolute Gasteiger partial charge is 0.489 e. The topological polar surface area (TPSA) is 9.23 Å². The Bertz CT molecular complexity index is 757. The van der Waals surface area contributed by atoms with E-state index >= 15 is 0 Å². The van der Waals surface area contributed by atoms with Gasteiger partial charge in [0.15, 0.2) is 0 Å². The van der Waals surface area contributed by atoms with Crippen LogP contribution < -0.4 is 4.74 Å². The van der Waals surface area contributed by atoms with Crippen molar-refractivity contribution >= 4 is 16.8 Å². The van der Waals surface area contributed by atoms with Crippen molar-refractivity contribution in [2.45, 2.75) is 6.92 Å². The molecule has 0 N–H and O–H groups in total. The minimum absolute atomic E-state index is 0.686. The summed E-state index contributed by atoms with van der Waals surface area (Å²) in [7, 11) is 0. The first-order valence-corrected chi connectivity index (χ1v) is 7.17. The van der Waals surface area contributed by atoms with Crippen LogP contribution in [-0.2, 0) is 0 Å². The van der Waals surface area contributed by atoms with Gasteiger partial charge in [-0.2, -0.15) is 0 Å². The maximum atomic E-state index is 5.54. The van der Waals surface area contributed by atoms with Gasteiger partial charge in [0.1, 0.15) is 12.4 Å². The van der Waals surface area contributed by atoms with Crippen molar-refractivity contribution in [3.63, 3.8) is 0 Å². The van der Waals surface area contributed by atoms with Gasteiger partial charge in [-0.1, -0.05) is 72.3 Å². The second kappa shape index (κ2) is 6.27. The van der Waals surface area contributed by atoms with Gasteiger partial charge in [-0.3, -0.25) is 0 Å². The van der Waals surface area contributed by atoms with E-state index in [-0.39, 0.29) is 0 Å². The van der Waals surface area contributed by atoms with Crippen LogP contribution >= 0.6 is 0 Å². The monoisotopic (exact) mass is 274 g/mol. The fraction of sp³-hybridized carbons (Fsp3) is 0.100. The molecule has 104 valence electrons. The van der Waals surface area contributed by atoms with E-state index in [1.54, 1.807) is 0 Å². The number of rotatable bonds is 0. The summed E-state index contributed by atoms with van der Waals surface area (Å²) in [4.78, 5) is 0. The molecule has 3 aromatic rings. The van der Waals surface area contributed by atoms with Crippen molar-refractivity contribution in [1.29, 1.82) is 0 Å². The molecule has 0 saturated heterocycles. The molecule has 0 aliphatic carbocycles. The van der Waals surface area contributed by atoms with Gasteiger partial charge in [0.05, 0.1) is 0 Å². The third kappa shape index (κ3) is 3.14. The first kappa shape index (κ1) is 13.4. The molecule has 1 nitrogen and oxygen atoms in total.